The zero-order chi connectivity index (χ0) is 27.7. The van der Waals surface area contributed by atoms with Crippen LogP contribution in [0.1, 0.15) is 5.56 Å². The second-order valence-corrected chi connectivity index (χ2v) is 11.1. The predicted octanol–water partition coefficient (Wildman–Crippen LogP) is 9.63. The molecule has 0 radical (unpaired) electrons. The zero-order valence-corrected chi connectivity index (χ0v) is 24.9. The maximum Gasteiger partial charge on any atom is 0.295 e. The highest BCUT2D eigenvalue weighted by Gasteiger charge is 2.32. The van der Waals surface area contributed by atoms with Gasteiger partial charge in [0.25, 0.3) is 5.82 Å². The Bertz CT molecular complexity index is 2170. The molecule has 4 heteroatoms. The van der Waals surface area contributed by atoms with Gasteiger partial charge in [-0.15, -0.1) is 0 Å². The Morgan fingerprint density at radius 3 is 1.76 bits per heavy atom. The molecule has 0 aliphatic heterocycles. The third kappa shape index (κ3) is 3.47. The Morgan fingerprint density at radius 2 is 1.12 bits per heavy atom. The summed E-state index contributed by atoms with van der Waals surface area (Å²) in [5.41, 5.74) is 13.3. The van der Waals surface area contributed by atoms with Crippen molar-refractivity contribution in [2.24, 2.45) is 7.05 Å². The highest BCUT2D eigenvalue weighted by atomic mass is 127. The standard InChI is InChI=1S/C37H26IN2O/c1-23-34(41-38)20-19-32-29-16-9-10-18-33(29)40(36(23)32)37-35-30-17-8-7-14-27(30)25-12-4-3-11-24(25)26-13-5-6-15-28(26)31(35)21-22-39(37)2/h3-22H,1-2H3/q+1. The third-order valence-electron chi connectivity index (χ3n) is 8.55. The van der Waals surface area contributed by atoms with Gasteiger partial charge >= 0.3 is 0 Å². The average Bonchev–Trinajstić information content (AvgIpc) is 3.35. The van der Waals surface area contributed by atoms with Crippen LogP contribution in [0.4, 0.5) is 0 Å². The lowest BCUT2D eigenvalue weighted by molar-refractivity contribution is -0.664. The first-order chi connectivity index (χ1) is 20.2. The number of rotatable bonds is 2. The summed E-state index contributed by atoms with van der Waals surface area (Å²) in [7, 11) is 2.16. The van der Waals surface area contributed by atoms with Crippen molar-refractivity contribution in [1.29, 1.82) is 0 Å². The fourth-order valence-electron chi connectivity index (χ4n) is 6.75. The van der Waals surface area contributed by atoms with Crippen LogP contribution in [0.15, 0.2) is 121 Å². The van der Waals surface area contributed by atoms with Crippen molar-refractivity contribution in [1.82, 2.24) is 4.57 Å². The van der Waals surface area contributed by atoms with Crippen LogP contribution in [0.25, 0.3) is 72.1 Å². The number of pyridine rings is 1. The van der Waals surface area contributed by atoms with E-state index < -0.39 is 0 Å². The van der Waals surface area contributed by atoms with E-state index in [1.54, 1.807) is 0 Å². The van der Waals surface area contributed by atoms with E-state index in [2.05, 4.69) is 145 Å². The van der Waals surface area contributed by atoms with Crippen molar-refractivity contribution in [2.45, 2.75) is 6.92 Å². The number of nitrogens with zero attached hydrogens (tertiary/aromatic N) is 2. The van der Waals surface area contributed by atoms with E-state index in [-0.39, 0.29) is 0 Å². The first kappa shape index (κ1) is 24.4. The van der Waals surface area contributed by atoms with Crippen molar-refractivity contribution < 1.29 is 7.63 Å². The average molecular weight is 642 g/mol. The van der Waals surface area contributed by atoms with Gasteiger partial charge in [0.1, 0.15) is 16.8 Å². The van der Waals surface area contributed by atoms with Crippen LogP contribution in [0.5, 0.6) is 5.75 Å². The Morgan fingerprint density at radius 1 is 0.585 bits per heavy atom. The topological polar surface area (TPSA) is 18.0 Å². The molecule has 0 bridgehead atoms. The highest BCUT2D eigenvalue weighted by Crippen LogP contribution is 2.49. The van der Waals surface area contributed by atoms with Gasteiger partial charge in [-0.05, 0) is 70.6 Å². The fraction of sp³-hybridized carbons (Fsp3) is 0.0541. The van der Waals surface area contributed by atoms with Crippen LogP contribution in [0.2, 0.25) is 0 Å². The van der Waals surface area contributed by atoms with Gasteiger partial charge in [-0.1, -0.05) is 84.9 Å². The summed E-state index contributed by atoms with van der Waals surface area (Å²) < 4.78 is 10.5. The molecule has 2 aromatic heterocycles. The number of fused-ring (bicyclic) bond motifs is 11. The maximum atomic E-state index is 5.81. The number of halogens is 1. The number of aromatic nitrogens is 2. The van der Waals surface area contributed by atoms with Gasteiger partial charge in [0.15, 0.2) is 23.0 Å². The molecular formula is C37H26IN2O+. The van der Waals surface area contributed by atoms with Crippen LogP contribution in [-0.4, -0.2) is 4.57 Å². The van der Waals surface area contributed by atoms with E-state index in [1.807, 2.05) is 23.0 Å². The molecule has 41 heavy (non-hydrogen) atoms. The van der Waals surface area contributed by atoms with E-state index in [1.165, 1.54) is 60.8 Å². The molecule has 7 aromatic rings. The molecule has 196 valence electrons. The molecular weight excluding hydrogens is 615 g/mol. The smallest absolute Gasteiger partial charge is 0.295 e. The van der Waals surface area contributed by atoms with Crippen molar-refractivity contribution in [3.8, 4) is 56.1 Å². The molecule has 5 aromatic carbocycles. The SMILES string of the molecule is Cc1c(OI)ccc2c3ccccc3n(-c3c4c(cc[n+]3C)-c3ccccc3-c3ccccc3-c3ccccc3-4)c12. The summed E-state index contributed by atoms with van der Waals surface area (Å²) in [6.07, 6.45) is 2.20. The lowest BCUT2D eigenvalue weighted by Gasteiger charge is -2.24. The Hall–Kier alpha value is -4.42. The van der Waals surface area contributed by atoms with Gasteiger partial charge in [-0.2, -0.15) is 4.57 Å². The second-order valence-electron chi connectivity index (χ2n) is 10.7. The van der Waals surface area contributed by atoms with Gasteiger partial charge in [-0.3, -0.25) is 0 Å². The van der Waals surface area contributed by atoms with Gasteiger partial charge in [0.05, 0.1) is 18.8 Å². The van der Waals surface area contributed by atoms with Gasteiger partial charge in [0, 0.05) is 21.9 Å². The number of hydrogen-bond acceptors (Lipinski definition) is 1. The van der Waals surface area contributed by atoms with Gasteiger partial charge in [0.2, 0.25) is 0 Å². The quantitative estimate of drug-likeness (QED) is 0.136. The lowest BCUT2D eigenvalue weighted by Crippen LogP contribution is -2.34. The first-order valence-electron chi connectivity index (χ1n) is 13.8. The highest BCUT2D eigenvalue weighted by molar-refractivity contribution is 14.1. The van der Waals surface area contributed by atoms with E-state index in [9.17, 15) is 0 Å². The van der Waals surface area contributed by atoms with Gasteiger partial charge < -0.3 is 3.07 Å². The van der Waals surface area contributed by atoms with Crippen LogP contribution < -0.4 is 7.63 Å². The van der Waals surface area contributed by atoms with Crippen LogP contribution in [-0.2, 0) is 7.05 Å². The Balaban J connectivity index is 1.62. The largest absolute Gasteiger partial charge is 0.427 e. The molecule has 0 saturated heterocycles. The minimum atomic E-state index is 0.878. The third-order valence-corrected chi connectivity index (χ3v) is 9.02. The molecule has 0 N–H and O–H groups in total. The molecule has 1 aliphatic rings. The normalized spacial score (nSPS) is 11.8. The lowest BCUT2D eigenvalue weighted by atomic mass is 9.81. The summed E-state index contributed by atoms with van der Waals surface area (Å²) >= 11 is 1.99. The minimum absolute atomic E-state index is 0.878. The Labute approximate surface area is 253 Å². The molecule has 0 spiro atoms. The van der Waals surface area contributed by atoms with E-state index in [0.29, 0.717) is 0 Å². The minimum Gasteiger partial charge on any atom is -0.427 e. The molecule has 0 amide bonds. The van der Waals surface area contributed by atoms with Crippen LogP contribution >= 0.6 is 23.0 Å². The van der Waals surface area contributed by atoms with Gasteiger partial charge in [-0.25, -0.2) is 4.57 Å². The summed E-state index contributed by atoms with van der Waals surface area (Å²) in [5.74, 6) is 2.01. The molecule has 0 atom stereocenters. The number of hydrogen-bond donors (Lipinski definition) is 0. The zero-order valence-electron chi connectivity index (χ0n) is 22.7. The first-order valence-corrected chi connectivity index (χ1v) is 14.7. The van der Waals surface area contributed by atoms with Crippen LogP contribution in [0.3, 0.4) is 0 Å². The summed E-state index contributed by atoms with van der Waals surface area (Å²) in [6.45, 7) is 2.16. The summed E-state index contributed by atoms with van der Waals surface area (Å²) in [5, 5.41) is 2.45. The fourth-order valence-corrected chi connectivity index (χ4v) is 7.22. The number of aryl methyl sites for hydroxylation is 2. The molecule has 3 nitrogen and oxygen atoms in total. The number of benzene rings is 5. The molecule has 8 rings (SSSR count). The monoisotopic (exact) mass is 641 g/mol. The molecule has 1 aliphatic carbocycles. The Kier molecular flexibility index (Phi) is 5.54. The van der Waals surface area contributed by atoms with Crippen LogP contribution in [0, 0.1) is 6.92 Å². The molecule has 0 fully saturated rings. The number of para-hydroxylation sites is 1. The van der Waals surface area contributed by atoms with Crippen molar-refractivity contribution in [3.05, 3.63) is 127 Å². The van der Waals surface area contributed by atoms with Crippen molar-refractivity contribution in [2.75, 3.05) is 0 Å². The van der Waals surface area contributed by atoms with E-state index in [0.717, 1.165) is 22.6 Å². The van der Waals surface area contributed by atoms with E-state index >= 15 is 0 Å². The summed E-state index contributed by atoms with van der Waals surface area (Å²) in [4.78, 5) is 0. The van der Waals surface area contributed by atoms with Crippen molar-refractivity contribution >= 4 is 44.8 Å². The van der Waals surface area contributed by atoms with Crippen molar-refractivity contribution in [3.63, 3.8) is 0 Å². The predicted molar refractivity (Wildman–Crippen MR) is 177 cm³/mol. The molecule has 2 heterocycles. The summed E-state index contributed by atoms with van der Waals surface area (Å²) in [6, 6.07) is 41.8. The van der Waals surface area contributed by atoms with E-state index in [4.69, 9.17) is 3.07 Å². The second kappa shape index (κ2) is 9.32. The molecule has 0 unspecified atom stereocenters. The maximum absolute atomic E-state index is 5.81. The molecule has 0 saturated carbocycles.